The summed E-state index contributed by atoms with van der Waals surface area (Å²) in [6.45, 7) is 2.11. The fraction of sp³-hybridized carbons (Fsp3) is 0.600. The number of ether oxygens (including phenoxy) is 2. The van der Waals surface area contributed by atoms with E-state index in [1.165, 1.54) is 5.56 Å². The molecular formula is C15H22Cl2O2. The van der Waals surface area contributed by atoms with Crippen LogP contribution in [0.15, 0.2) is 30.3 Å². The summed E-state index contributed by atoms with van der Waals surface area (Å²) in [5.74, 6) is 1.00. The molecule has 1 aromatic carbocycles. The van der Waals surface area contributed by atoms with Crippen molar-refractivity contribution in [2.45, 2.75) is 18.3 Å². The van der Waals surface area contributed by atoms with Crippen LogP contribution in [0.5, 0.6) is 0 Å². The van der Waals surface area contributed by atoms with Crippen molar-refractivity contribution in [2.75, 3.05) is 38.7 Å². The lowest BCUT2D eigenvalue weighted by atomic mass is 9.81. The third-order valence-electron chi connectivity index (χ3n) is 3.26. The number of alkyl halides is 2. The topological polar surface area (TPSA) is 18.5 Å². The van der Waals surface area contributed by atoms with Crippen LogP contribution in [0.4, 0.5) is 0 Å². The molecule has 0 N–H and O–H groups in total. The molecule has 0 bridgehead atoms. The SMILES string of the molecule is COCCCOCCC(CCl)(CCl)c1ccccc1. The van der Waals surface area contributed by atoms with E-state index in [4.69, 9.17) is 32.7 Å². The van der Waals surface area contributed by atoms with Crippen molar-refractivity contribution in [1.82, 2.24) is 0 Å². The molecule has 0 heterocycles. The van der Waals surface area contributed by atoms with Gasteiger partial charge in [0.05, 0.1) is 0 Å². The number of rotatable bonds is 10. The number of halogens is 2. The Morgan fingerprint density at radius 3 is 2.26 bits per heavy atom. The van der Waals surface area contributed by atoms with Crippen molar-refractivity contribution in [3.8, 4) is 0 Å². The van der Waals surface area contributed by atoms with E-state index in [9.17, 15) is 0 Å². The quantitative estimate of drug-likeness (QED) is 0.483. The molecule has 0 saturated heterocycles. The number of hydrogen-bond donors (Lipinski definition) is 0. The van der Waals surface area contributed by atoms with E-state index in [2.05, 4.69) is 12.1 Å². The van der Waals surface area contributed by atoms with Gasteiger partial charge in [-0.05, 0) is 18.4 Å². The summed E-state index contributed by atoms with van der Waals surface area (Å²) in [4.78, 5) is 0. The molecule has 0 aromatic heterocycles. The molecule has 4 heteroatoms. The van der Waals surface area contributed by atoms with Crippen LogP contribution in [-0.2, 0) is 14.9 Å². The first-order valence-electron chi connectivity index (χ1n) is 6.53. The highest BCUT2D eigenvalue weighted by Crippen LogP contribution is 2.31. The fourth-order valence-corrected chi connectivity index (χ4v) is 2.80. The molecule has 0 amide bonds. The van der Waals surface area contributed by atoms with Gasteiger partial charge in [-0.3, -0.25) is 0 Å². The minimum absolute atomic E-state index is 0.203. The third-order valence-corrected chi connectivity index (χ3v) is 4.28. The zero-order valence-corrected chi connectivity index (χ0v) is 12.9. The minimum atomic E-state index is -0.203. The summed E-state index contributed by atoms with van der Waals surface area (Å²) in [7, 11) is 1.70. The van der Waals surface area contributed by atoms with Gasteiger partial charge in [-0.15, -0.1) is 23.2 Å². The van der Waals surface area contributed by atoms with E-state index in [1.807, 2.05) is 18.2 Å². The number of benzene rings is 1. The molecule has 0 unspecified atom stereocenters. The van der Waals surface area contributed by atoms with E-state index in [0.717, 1.165) is 19.4 Å². The zero-order chi connectivity index (χ0) is 14.0. The van der Waals surface area contributed by atoms with E-state index < -0.39 is 0 Å². The maximum Gasteiger partial charge on any atom is 0.0487 e. The molecule has 0 aliphatic carbocycles. The van der Waals surface area contributed by atoms with Gasteiger partial charge in [0.1, 0.15) is 0 Å². The highest BCUT2D eigenvalue weighted by Gasteiger charge is 2.30. The van der Waals surface area contributed by atoms with Gasteiger partial charge in [-0.1, -0.05) is 30.3 Å². The van der Waals surface area contributed by atoms with Crippen molar-refractivity contribution in [2.24, 2.45) is 0 Å². The molecule has 1 aromatic rings. The maximum absolute atomic E-state index is 6.16. The standard InChI is InChI=1S/C15H22Cl2O2/c1-18-9-5-10-19-11-8-15(12-16,13-17)14-6-3-2-4-7-14/h2-4,6-7H,5,8-13H2,1H3. The van der Waals surface area contributed by atoms with E-state index in [1.54, 1.807) is 7.11 Å². The lowest BCUT2D eigenvalue weighted by Gasteiger charge is -2.30. The third kappa shape index (κ3) is 5.31. The molecular weight excluding hydrogens is 283 g/mol. The van der Waals surface area contributed by atoms with Gasteiger partial charge in [-0.25, -0.2) is 0 Å². The second kappa shape index (κ2) is 9.60. The van der Waals surface area contributed by atoms with Crippen molar-refractivity contribution in [3.05, 3.63) is 35.9 Å². The number of methoxy groups -OCH3 is 1. The molecule has 0 spiro atoms. The smallest absolute Gasteiger partial charge is 0.0487 e. The van der Waals surface area contributed by atoms with E-state index in [-0.39, 0.29) is 5.41 Å². The normalized spacial score (nSPS) is 11.7. The summed E-state index contributed by atoms with van der Waals surface area (Å²) in [5, 5.41) is 0. The average molecular weight is 305 g/mol. The maximum atomic E-state index is 6.16. The second-order valence-corrected chi connectivity index (χ2v) is 5.16. The van der Waals surface area contributed by atoms with Crippen LogP contribution in [0.2, 0.25) is 0 Å². The van der Waals surface area contributed by atoms with Gasteiger partial charge in [0.2, 0.25) is 0 Å². The van der Waals surface area contributed by atoms with Crippen LogP contribution in [0, 0.1) is 0 Å². The van der Waals surface area contributed by atoms with Crippen LogP contribution in [0.25, 0.3) is 0 Å². The summed E-state index contributed by atoms with van der Waals surface area (Å²) < 4.78 is 10.6. The zero-order valence-electron chi connectivity index (χ0n) is 11.4. The first-order chi connectivity index (χ1) is 9.29. The minimum Gasteiger partial charge on any atom is -0.385 e. The molecule has 0 radical (unpaired) electrons. The Balaban J connectivity index is 2.48. The van der Waals surface area contributed by atoms with Crippen LogP contribution in [0.3, 0.4) is 0 Å². The first kappa shape index (κ1) is 16.8. The first-order valence-corrected chi connectivity index (χ1v) is 7.60. The Morgan fingerprint density at radius 1 is 1.00 bits per heavy atom. The van der Waals surface area contributed by atoms with E-state index in [0.29, 0.717) is 25.0 Å². The molecule has 0 saturated carbocycles. The second-order valence-electron chi connectivity index (χ2n) is 4.62. The van der Waals surface area contributed by atoms with Gasteiger partial charge in [0.15, 0.2) is 0 Å². The Morgan fingerprint density at radius 2 is 1.68 bits per heavy atom. The van der Waals surface area contributed by atoms with Crippen molar-refractivity contribution >= 4 is 23.2 Å². The van der Waals surface area contributed by atoms with Gasteiger partial charge in [-0.2, -0.15) is 0 Å². The Labute approximate surface area is 126 Å². The summed E-state index contributed by atoms with van der Waals surface area (Å²) >= 11 is 12.3. The summed E-state index contributed by atoms with van der Waals surface area (Å²) in [6, 6.07) is 10.2. The molecule has 0 fully saturated rings. The molecule has 19 heavy (non-hydrogen) atoms. The average Bonchev–Trinajstić information content (AvgIpc) is 2.48. The lowest BCUT2D eigenvalue weighted by Crippen LogP contribution is -2.32. The van der Waals surface area contributed by atoms with Gasteiger partial charge < -0.3 is 9.47 Å². The molecule has 1 rings (SSSR count). The van der Waals surface area contributed by atoms with Crippen molar-refractivity contribution in [1.29, 1.82) is 0 Å². The molecule has 0 atom stereocenters. The Hall–Kier alpha value is -0.280. The molecule has 0 aliphatic rings. The fourth-order valence-electron chi connectivity index (χ4n) is 1.93. The predicted octanol–water partition coefficient (Wildman–Crippen LogP) is 3.85. The van der Waals surface area contributed by atoms with Gasteiger partial charge in [0, 0.05) is 44.1 Å². The highest BCUT2D eigenvalue weighted by molar-refractivity contribution is 6.22. The van der Waals surface area contributed by atoms with Crippen molar-refractivity contribution in [3.63, 3.8) is 0 Å². The van der Waals surface area contributed by atoms with Crippen LogP contribution in [0.1, 0.15) is 18.4 Å². The monoisotopic (exact) mass is 304 g/mol. The molecule has 108 valence electrons. The van der Waals surface area contributed by atoms with Crippen LogP contribution < -0.4 is 0 Å². The predicted molar refractivity (Wildman–Crippen MR) is 81.5 cm³/mol. The highest BCUT2D eigenvalue weighted by atomic mass is 35.5. The Bertz CT molecular complexity index is 326. The Kier molecular flexibility index (Phi) is 8.47. The summed E-state index contributed by atoms with van der Waals surface area (Å²) in [5.41, 5.74) is 0.978. The molecule has 0 aliphatic heterocycles. The van der Waals surface area contributed by atoms with Gasteiger partial charge >= 0.3 is 0 Å². The number of hydrogen-bond acceptors (Lipinski definition) is 2. The van der Waals surface area contributed by atoms with Crippen molar-refractivity contribution < 1.29 is 9.47 Å². The summed E-state index contributed by atoms with van der Waals surface area (Å²) in [6.07, 6.45) is 1.74. The lowest BCUT2D eigenvalue weighted by molar-refractivity contribution is 0.0931. The van der Waals surface area contributed by atoms with Crippen LogP contribution >= 0.6 is 23.2 Å². The largest absolute Gasteiger partial charge is 0.385 e. The molecule has 2 nitrogen and oxygen atoms in total. The van der Waals surface area contributed by atoms with Gasteiger partial charge in [0.25, 0.3) is 0 Å². The van der Waals surface area contributed by atoms with E-state index >= 15 is 0 Å². The van der Waals surface area contributed by atoms with Crippen LogP contribution in [-0.4, -0.2) is 38.7 Å².